The van der Waals surface area contributed by atoms with E-state index in [0.717, 1.165) is 21.9 Å². The first-order chi connectivity index (χ1) is 17.9. The Kier molecular flexibility index (Phi) is 8.10. The standard InChI is InChI=1S/C29H26N2O6/c1-20-25(30-28(37-20)23-10-6-3-7-11-23)16-17-36-24-14-12-21(13-15-24)18-31(19-26(32)33)29(35)27(34)22-8-4-2-5-9-22/h2-15H,16-19H2,1H3,(H,32,33). The molecule has 0 unspecified atom stereocenters. The topological polar surface area (TPSA) is 110 Å². The third-order valence-corrected chi connectivity index (χ3v) is 5.66. The second-order valence-corrected chi connectivity index (χ2v) is 8.38. The van der Waals surface area contributed by atoms with Gasteiger partial charge in [-0.15, -0.1) is 0 Å². The molecule has 0 bridgehead atoms. The molecule has 1 heterocycles. The lowest BCUT2D eigenvalue weighted by atomic mass is 10.1. The molecule has 0 spiro atoms. The van der Waals surface area contributed by atoms with Gasteiger partial charge in [-0.2, -0.15) is 0 Å². The van der Waals surface area contributed by atoms with E-state index in [1.165, 1.54) is 12.1 Å². The number of carbonyl (C=O) groups is 3. The van der Waals surface area contributed by atoms with Crippen LogP contribution in [0.25, 0.3) is 11.5 Å². The molecule has 8 nitrogen and oxygen atoms in total. The van der Waals surface area contributed by atoms with Gasteiger partial charge in [-0.25, -0.2) is 4.98 Å². The third-order valence-electron chi connectivity index (χ3n) is 5.66. The minimum Gasteiger partial charge on any atom is -0.493 e. The number of aryl methyl sites for hydroxylation is 1. The first-order valence-electron chi connectivity index (χ1n) is 11.7. The summed E-state index contributed by atoms with van der Waals surface area (Å²) in [5, 5.41) is 9.25. The van der Waals surface area contributed by atoms with Gasteiger partial charge in [0.25, 0.3) is 5.91 Å². The molecule has 1 amide bonds. The quantitative estimate of drug-likeness (QED) is 0.238. The molecule has 0 aliphatic heterocycles. The molecule has 37 heavy (non-hydrogen) atoms. The van der Waals surface area contributed by atoms with Crippen molar-refractivity contribution in [1.29, 1.82) is 0 Å². The van der Waals surface area contributed by atoms with E-state index in [4.69, 9.17) is 9.15 Å². The largest absolute Gasteiger partial charge is 0.493 e. The van der Waals surface area contributed by atoms with E-state index in [1.807, 2.05) is 37.3 Å². The molecule has 188 valence electrons. The van der Waals surface area contributed by atoms with Crippen molar-refractivity contribution in [2.75, 3.05) is 13.2 Å². The van der Waals surface area contributed by atoms with Crippen LogP contribution in [0.3, 0.4) is 0 Å². The molecule has 0 aliphatic rings. The lowest BCUT2D eigenvalue weighted by Gasteiger charge is -2.20. The number of nitrogens with zero attached hydrogens (tertiary/aromatic N) is 2. The average molecular weight is 499 g/mol. The Labute approximate surface area is 214 Å². The molecule has 8 heteroatoms. The highest BCUT2D eigenvalue weighted by atomic mass is 16.5. The zero-order valence-corrected chi connectivity index (χ0v) is 20.3. The van der Waals surface area contributed by atoms with Crippen LogP contribution >= 0.6 is 0 Å². The zero-order valence-electron chi connectivity index (χ0n) is 20.3. The van der Waals surface area contributed by atoms with E-state index < -0.39 is 24.2 Å². The molecule has 4 aromatic rings. The minimum absolute atomic E-state index is 0.0234. The fourth-order valence-electron chi connectivity index (χ4n) is 3.76. The van der Waals surface area contributed by atoms with Gasteiger partial charge < -0.3 is 19.2 Å². The number of rotatable bonds is 11. The summed E-state index contributed by atoms with van der Waals surface area (Å²) in [5.41, 5.74) is 2.61. The zero-order chi connectivity index (χ0) is 26.2. The van der Waals surface area contributed by atoms with Gasteiger partial charge in [-0.05, 0) is 36.8 Å². The molecule has 0 radical (unpaired) electrons. The Bertz CT molecular complexity index is 1360. The molecule has 1 aromatic heterocycles. The van der Waals surface area contributed by atoms with Crippen molar-refractivity contribution in [2.24, 2.45) is 0 Å². The summed E-state index contributed by atoms with van der Waals surface area (Å²) in [4.78, 5) is 42.2. The summed E-state index contributed by atoms with van der Waals surface area (Å²) in [5.74, 6) is -0.890. The van der Waals surface area contributed by atoms with E-state index in [-0.39, 0.29) is 12.1 Å². The van der Waals surface area contributed by atoms with Crippen LogP contribution in [0.4, 0.5) is 0 Å². The maximum Gasteiger partial charge on any atom is 0.323 e. The van der Waals surface area contributed by atoms with E-state index in [9.17, 15) is 19.5 Å². The van der Waals surface area contributed by atoms with Crippen LogP contribution in [-0.2, 0) is 22.6 Å². The number of ether oxygens (including phenoxy) is 1. The van der Waals surface area contributed by atoms with Gasteiger partial charge in [-0.1, -0.05) is 60.7 Å². The predicted molar refractivity (Wildman–Crippen MR) is 136 cm³/mol. The van der Waals surface area contributed by atoms with Crippen molar-refractivity contribution >= 4 is 17.7 Å². The molecule has 4 rings (SSSR count). The Balaban J connectivity index is 1.35. The van der Waals surface area contributed by atoms with Crippen molar-refractivity contribution in [3.05, 3.63) is 108 Å². The van der Waals surface area contributed by atoms with Crippen molar-refractivity contribution in [2.45, 2.75) is 19.9 Å². The van der Waals surface area contributed by atoms with Crippen LogP contribution < -0.4 is 4.74 Å². The Morgan fingerprint density at radius 3 is 2.22 bits per heavy atom. The van der Waals surface area contributed by atoms with Gasteiger partial charge in [0.2, 0.25) is 11.7 Å². The molecule has 1 N–H and O–H groups in total. The van der Waals surface area contributed by atoms with Gasteiger partial charge in [0.15, 0.2) is 0 Å². The normalized spacial score (nSPS) is 10.6. The number of oxazole rings is 1. The molecule has 0 atom stereocenters. The van der Waals surface area contributed by atoms with Gasteiger partial charge >= 0.3 is 5.97 Å². The van der Waals surface area contributed by atoms with Crippen molar-refractivity contribution in [3.8, 4) is 17.2 Å². The maximum absolute atomic E-state index is 12.7. The molecular formula is C29H26N2O6. The number of carboxylic acid groups (broad SMARTS) is 1. The second kappa shape index (κ2) is 11.8. The number of aliphatic carboxylic acids is 1. The van der Waals surface area contributed by atoms with Gasteiger partial charge in [0.05, 0.1) is 12.3 Å². The van der Waals surface area contributed by atoms with Crippen molar-refractivity contribution in [3.63, 3.8) is 0 Å². The summed E-state index contributed by atoms with van der Waals surface area (Å²) >= 11 is 0. The lowest BCUT2D eigenvalue weighted by Crippen LogP contribution is -2.39. The summed E-state index contributed by atoms with van der Waals surface area (Å²) in [7, 11) is 0. The monoisotopic (exact) mass is 498 g/mol. The molecule has 0 aliphatic carbocycles. The number of carboxylic acids is 1. The molecular weight excluding hydrogens is 472 g/mol. The Hall–Kier alpha value is -4.72. The molecule has 0 fully saturated rings. The van der Waals surface area contributed by atoms with Crippen molar-refractivity contribution in [1.82, 2.24) is 9.88 Å². The number of ketones is 1. The van der Waals surface area contributed by atoms with Crippen molar-refractivity contribution < 1.29 is 28.6 Å². The van der Waals surface area contributed by atoms with E-state index >= 15 is 0 Å². The Morgan fingerprint density at radius 1 is 0.919 bits per heavy atom. The van der Waals surface area contributed by atoms with Crippen LogP contribution in [0.15, 0.2) is 89.3 Å². The lowest BCUT2D eigenvalue weighted by molar-refractivity contribution is -0.143. The van der Waals surface area contributed by atoms with Gasteiger partial charge in [-0.3, -0.25) is 14.4 Å². The van der Waals surface area contributed by atoms with E-state index in [2.05, 4.69) is 4.98 Å². The van der Waals surface area contributed by atoms with Crippen LogP contribution in [-0.4, -0.2) is 45.8 Å². The van der Waals surface area contributed by atoms with E-state index in [1.54, 1.807) is 42.5 Å². The van der Waals surface area contributed by atoms with Crippen LogP contribution in [0.1, 0.15) is 27.4 Å². The minimum atomic E-state index is -1.20. The highest BCUT2D eigenvalue weighted by molar-refractivity contribution is 6.42. The summed E-state index contributed by atoms with van der Waals surface area (Å²) < 4.78 is 11.6. The number of hydrogen-bond acceptors (Lipinski definition) is 6. The second-order valence-electron chi connectivity index (χ2n) is 8.38. The van der Waals surface area contributed by atoms with Crippen LogP contribution in [0, 0.1) is 6.92 Å². The smallest absolute Gasteiger partial charge is 0.323 e. The SMILES string of the molecule is Cc1oc(-c2ccccc2)nc1CCOc1ccc(CN(CC(=O)O)C(=O)C(=O)c2ccccc2)cc1. The molecule has 0 saturated heterocycles. The molecule has 3 aromatic carbocycles. The fraction of sp³-hybridized carbons (Fsp3) is 0.172. The first kappa shape index (κ1) is 25.4. The summed E-state index contributed by atoms with van der Waals surface area (Å²) in [6, 6.07) is 24.7. The fourth-order valence-corrected chi connectivity index (χ4v) is 3.76. The average Bonchev–Trinajstić information content (AvgIpc) is 3.29. The van der Waals surface area contributed by atoms with Gasteiger partial charge in [0.1, 0.15) is 18.1 Å². The summed E-state index contributed by atoms with van der Waals surface area (Å²) in [6.45, 7) is 1.65. The number of hydrogen-bond donors (Lipinski definition) is 1. The Morgan fingerprint density at radius 2 is 1.57 bits per heavy atom. The third kappa shape index (κ3) is 6.70. The van der Waals surface area contributed by atoms with Crippen LogP contribution in [0.5, 0.6) is 5.75 Å². The maximum atomic E-state index is 12.7. The number of carbonyl (C=O) groups excluding carboxylic acids is 2. The predicted octanol–water partition coefficient (Wildman–Crippen LogP) is 4.57. The van der Waals surface area contributed by atoms with E-state index in [0.29, 0.717) is 30.2 Å². The number of aromatic nitrogens is 1. The summed E-state index contributed by atoms with van der Waals surface area (Å²) in [6.07, 6.45) is 0.562. The number of benzene rings is 3. The van der Waals surface area contributed by atoms with Gasteiger partial charge in [0, 0.05) is 24.1 Å². The molecule has 0 saturated carbocycles. The number of amides is 1. The number of Topliss-reactive ketones (excluding diaryl/α,β-unsaturated/α-hetero) is 1. The highest BCUT2D eigenvalue weighted by Crippen LogP contribution is 2.22. The highest BCUT2D eigenvalue weighted by Gasteiger charge is 2.25. The first-order valence-corrected chi connectivity index (χ1v) is 11.7. The van der Waals surface area contributed by atoms with Crippen LogP contribution in [0.2, 0.25) is 0 Å².